The summed E-state index contributed by atoms with van der Waals surface area (Å²) in [4.78, 5) is 14.8. The number of benzene rings is 1. The summed E-state index contributed by atoms with van der Waals surface area (Å²) in [6.45, 7) is 3.79. The maximum Gasteiger partial charge on any atom is 0.282 e. The zero-order valence-electron chi connectivity index (χ0n) is 18.1. The van der Waals surface area contributed by atoms with Gasteiger partial charge in [0.15, 0.2) is 0 Å². The molecule has 1 unspecified atom stereocenters. The van der Waals surface area contributed by atoms with Gasteiger partial charge in [0, 0.05) is 45.7 Å². The van der Waals surface area contributed by atoms with Crippen molar-refractivity contribution in [2.45, 2.75) is 57.5 Å². The van der Waals surface area contributed by atoms with Gasteiger partial charge >= 0.3 is 0 Å². The van der Waals surface area contributed by atoms with Crippen LogP contribution in [0.25, 0.3) is 0 Å². The fourth-order valence-electron chi connectivity index (χ4n) is 4.42. The smallest absolute Gasteiger partial charge is 0.282 e. The number of carbonyl (C=O) groups excluding carboxylic acids is 1. The molecule has 2 aliphatic heterocycles. The Labute approximate surface area is 181 Å². The van der Waals surface area contributed by atoms with E-state index < -0.39 is 10.2 Å². The van der Waals surface area contributed by atoms with E-state index in [1.807, 2.05) is 30.3 Å². The van der Waals surface area contributed by atoms with Gasteiger partial charge in [-0.15, -0.1) is 0 Å². The van der Waals surface area contributed by atoms with Crippen molar-refractivity contribution in [3.8, 4) is 0 Å². The van der Waals surface area contributed by atoms with Crippen LogP contribution in [0, 0.1) is 0 Å². The van der Waals surface area contributed by atoms with Crippen LogP contribution in [0.2, 0.25) is 0 Å². The topological polar surface area (TPSA) is 73.0 Å². The average molecular weight is 437 g/mol. The van der Waals surface area contributed by atoms with Gasteiger partial charge in [-0.05, 0) is 50.8 Å². The molecule has 2 saturated heterocycles. The van der Waals surface area contributed by atoms with Gasteiger partial charge in [0.05, 0.1) is 0 Å². The van der Waals surface area contributed by atoms with Crippen LogP contribution in [0.15, 0.2) is 30.3 Å². The van der Waals surface area contributed by atoms with Crippen molar-refractivity contribution in [3.05, 3.63) is 35.9 Å². The van der Waals surface area contributed by atoms with Crippen LogP contribution >= 0.6 is 0 Å². The van der Waals surface area contributed by atoms with E-state index in [0.29, 0.717) is 45.1 Å². The second-order valence-electron chi connectivity index (χ2n) is 8.45. The maximum absolute atomic E-state index is 13.2. The Morgan fingerprint density at radius 1 is 1.00 bits per heavy atom. The Kier molecular flexibility index (Phi) is 8.68. The second-order valence-corrected chi connectivity index (χ2v) is 10.5. The summed E-state index contributed by atoms with van der Waals surface area (Å²) in [6, 6.07) is 9.98. The minimum Gasteiger partial charge on any atom is -0.356 e. The molecule has 0 radical (unpaired) electrons. The molecule has 0 spiro atoms. The van der Waals surface area contributed by atoms with Crippen LogP contribution < -0.4 is 5.32 Å². The van der Waals surface area contributed by atoms with Gasteiger partial charge in [0.1, 0.15) is 0 Å². The molecule has 1 amide bonds. The number of hydrogen-bond donors (Lipinski definition) is 1. The van der Waals surface area contributed by atoms with Crippen LogP contribution in [0.5, 0.6) is 0 Å². The highest BCUT2D eigenvalue weighted by Gasteiger charge is 2.28. The van der Waals surface area contributed by atoms with Crippen molar-refractivity contribution in [2.24, 2.45) is 0 Å². The van der Waals surface area contributed by atoms with Crippen LogP contribution in [0.4, 0.5) is 0 Å². The molecule has 0 aliphatic carbocycles. The predicted molar refractivity (Wildman–Crippen MR) is 119 cm³/mol. The van der Waals surface area contributed by atoms with E-state index in [4.69, 9.17) is 0 Å². The number of rotatable bonds is 4. The minimum absolute atomic E-state index is 0.0850. The monoisotopic (exact) mass is 436 g/mol. The molecule has 0 saturated carbocycles. The highest BCUT2D eigenvalue weighted by atomic mass is 32.2. The highest BCUT2D eigenvalue weighted by molar-refractivity contribution is 7.86. The first-order valence-electron chi connectivity index (χ1n) is 11.2. The third kappa shape index (κ3) is 6.51. The number of nitrogens with zero attached hydrogens (tertiary/aromatic N) is 3. The molecular formula is C22H36N4O3S. The van der Waals surface area contributed by atoms with Crippen molar-refractivity contribution < 1.29 is 13.2 Å². The second kappa shape index (κ2) is 11.2. The van der Waals surface area contributed by atoms with E-state index in [9.17, 15) is 13.2 Å². The zero-order valence-corrected chi connectivity index (χ0v) is 18.9. The predicted octanol–water partition coefficient (Wildman–Crippen LogP) is 2.21. The third-order valence-electron chi connectivity index (χ3n) is 6.15. The molecule has 2 fully saturated rings. The molecule has 2 aliphatic rings. The molecule has 2 heterocycles. The number of hydrogen-bond acceptors (Lipinski definition) is 4. The zero-order chi connectivity index (χ0) is 21.4. The molecule has 8 heteroatoms. The summed E-state index contributed by atoms with van der Waals surface area (Å²) in [6.07, 6.45) is 6.42. The Bertz CT molecular complexity index is 772. The molecular weight excluding hydrogens is 400 g/mol. The molecule has 1 aromatic rings. The van der Waals surface area contributed by atoms with Gasteiger partial charge < -0.3 is 5.32 Å². The molecule has 168 valence electrons. The van der Waals surface area contributed by atoms with Gasteiger partial charge in [-0.1, -0.05) is 36.8 Å². The summed E-state index contributed by atoms with van der Waals surface area (Å²) in [7, 11) is -1.91. The Hall–Kier alpha value is -1.48. The van der Waals surface area contributed by atoms with Crippen molar-refractivity contribution >= 4 is 16.1 Å². The molecule has 1 N–H and O–H groups in total. The lowest BCUT2D eigenvalue weighted by molar-refractivity contribution is -0.122. The maximum atomic E-state index is 13.2. The standard InChI is InChI=1S/C22H36N4O3S/c1-24(19-20-10-3-2-4-11-20)30(28,29)26-16-8-7-15-25-14-6-5-12-21(25)18-22(27)23-13-9-17-26/h2-4,10-11,21H,5-9,12-19H2,1H3,(H,23,27). The first-order chi connectivity index (χ1) is 14.5. The first kappa shape index (κ1) is 23.2. The van der Waals surface area contributed by atoms with Gasteiger partial charge in [-0.2, -0.15) is 17.0 Å². The number of nitrogens with one attached hydrogen (secondary N) is 1. The van der Waals surface area contributed by atoms with Gasteiger partial charge in [0.25, 0.3) is 10.2 Å². The number of amides is 1. The van der Waals surface area contributed by atoms with Gasteiger partial charge in [0.2, 0.25) is 5.91 Å². The number of carbonyl (C=O) groups is 1. The Balaban J connectivity index is 1.64. The van der Waals surface area contributed by atoms with E-state index in [2.05, 4.69) is 10.2 Å². The van der Waals surface area contributed by atoms with E-state index in [1.165, 1.54) is 17.1 Å². The Morgan fingerprint density at radius 2 is 1.67 bits per heavy atom. The van der Waals surface area contributed by atoms with Gasteiger partial charge in [-0.25, -0.2) is 0 Å². The normalized spacial score (nSPS) is 23.7. The van der Waals surface area contributed by atoms with E-state index in [0.717, 1.165) is 37.9 Å². The van der Waals surface area contributed by atoms with Crippen molar-refractivity contribution in [1.82, 2.24) is 18.8 Å². The lowest BCUT2D eigenvalue weighted by Crippen LogP contribution is -2.43. The summed E-state index contributed by atoms with van der Waals surface area (Å²) >= 11 is 0. The lowest BCUT2D eigenvalue weighted by atomic mass is 9.98. The lowest BCUT2D eigenvalue weighted by Gasteiger charge is -2.35. The van der Waals surface area contributed by atoms with E-state index in [-0.39, 0.29) is 5.91 Å². The quantitative estimate of drug-likeness (QED) is 0.785. The first-order valence-corrected chi connectivity index (χ1v) is 12.6. The van der Waals surface area contributed by atoms with Crippen molar-refractivity contribution in [3.63, 3.8) is 0 Å². The third-order valence-corrected chi connectivity index (χ3v) is 8.08. The van der Waals surface area contributed by atoms with Crippen LogP contribution in [-0.2, 0) is 21.5 Å². The SMILES string of the molecule is CN(Cc1ccccc1)S(=O)(=O)N1CCCCN2CCCCC2CC(=O)NCCC1. The Morgan fingerprint density at radius 3 is 2.43 bits per heavy atom. The van der Waals surface area contributed by atoms with Crippen LogP contribution in [0.3, 0.4) is 0 Å². The van der Waals surface area contributed by atoms with E-state index >= 15 is 0 Å². The van der Waals surface area contributed by atoms with E-state index in [1.54, 1.807) is 11.4 Å². The fourth-order valence-corrected chi connectivity index (χ4v) is 5.85. The summed E-state index contributed by atoms with van der Waals surface area (Å²) in [5.41, 5.74) is 0.970. The largest absolute Gasteiger partial charge is 0.356 e. The fraction of sp³-hybridized carbons (Fsp3) is 0.682. The molecule has 30 heavy (non-hydrogen) atoms. The van der Waals surface area contributed by atoms with Crippen LogP contribution in [0.1, 0.15) is 50.5 Å². The summed E-state index contributed by atoms with van der Waals surface area (Å²) in [5, 5.41) is 2.99. The molecule has 7 nitrogen and oxygen atoms in total. The van der Waals surface area contributed by atoms with Crippen molar-refractivity contribution in [2.75, 3.05) is 39.8 Å². The van der Waals surface area contributed by atoms with Crippen LogP contribution in [-0.4, -0.2) is 73.6 Å². The molecule has 0 bridgehead atoms. The number of piperidine rings is 1. The minimum atomic E-state index is -3.55. The molecule has 0 aromatic heterocycles. The number of fused-ring (bicyclic) bond motifs is 1. The summed E-state index contributed by atoms with van der Waals surface area (Å²) < 4.78 is 29.5. The molecule has 1 aromatic carbocycles. The molecule has 1 atom stereocenters. The molecule has 3 rings (SSSR count). The highest BCUT2D eigenvalue weighted by Crippen LogP contribution is 2.21. The average Bonchev–Trinajstić information content (AvgIpc) is 2.75. The van der Waals surface area contributed by atoms with Crippen molar-refractivity contribution in [1.29, 1.82) is 0 Å². The summed E-state index contributed by atoms with van der Waals surface area (Å²) in [5.74, 6) is 0.0850. The van der Waals surface area contributed by atoms with Gasteiger partial charge in [-0.3, -0.25) is 9.69 Å².